The molecule has 0 spiro atoms. The summed E-state index contributed by atoms with van der Waals surface area (Å²) < 4.78 is 21.3. The predicted octanol–water partition coefficient (Wildman–Crippen LogP) is 1.25. The third kappa shape index (κ3) is 6.30. The number of rotatable bonds is 4. The minimum Gasteiger partial charge on any atom is -0.507 e. The van der Waals surface area contributed by atoms with E-state index in [0.29, 0.717) is 43.7 Å². The van der Waals surface area contributed by atoms with Gasteiger partial charge in [-0.2, -0.15) is 0 Å². The second kappa shape index (κ2) is 14.5. The van der Waals surface area contributed by atoms with Crippen LogP contribution in [0.5, 0.6) is 17.2 Å². The number of ketones is 2. The molecule has 3 heterocycles. The van der Waals surface area contributed by atoms with Gasteiger partial charge in [-0.15, -0.1) is 0 Å². The van der Waals surface area contributed by atoms with Gasteiger partial charge in [0.15, 0.2) is 12.1 Å². The summed E-state index contributed by atoms with van der Waals surface area (Å²) in [6.45, 7) is 7.64. The molecule has 5 atom stereocenters. The molecule has 5 unspecified atom stereocenters. The Hall–Kier alpha value is -3.59. The maximum absolute atomic E-state index is 13.3. The van der Waals surface area contributed by atoms with Gasteiger partial charge in [-0.3, -0.25) is 19.3 Å². The first-order chi connectivity index (χ1) is 23.2. The normalized spacial score (nSPS) is 27.2. The van der Waals surface area contributed by atoms with Crippen molar-refractivity contribution in [2.24, 2.45) is 5.92 Å². The summed E-state index contributed by atoms with van der Waals surface area (Å²) in [7, 11) is 3.06. The Morgan fingerprint density at radius 2 is 1.67 bits per heavy atom. The van der Waals surface area contributed by atoms with Crippen LogP contribution in [-0.4, -0.2) is 134 Å². The molecule has 3 aliphatic heterocycles. The fraction of sp³-hybridized carbons (Fsp3) is 0.571. The van der Waals surface area contributed by atoms with Crippen LogP contribution in [0.4, 0.5) is 0 Å². The quantitative estimate of drug-likeness (QED) is 0.295. The molecule has 3 fully saturated rings. The maximum Gasteiger partial charge on any atom is 0.226 e. The van der Waals surface area contributed by atoms with Gasteiger partial charge in [-0.25, -0.2) is 0 Å². The minimum absolute atomic E-state index is 0.0197. The summed E-state index contributed by atoms with van der Waals surface area (Å²) in [4.78, 5) is 43.7. The van der Waals surface area contributed by atoms with Gasteiger partial charge in [0.05, 0.1) is 42.6 Å². The third-order valence-corrected chi connectivity index (χ3v) is 10.3. The van der Waals surface area contributed by atoms with E-state index in [1.54, 1.807) is 19.2 Å². The number of fused-ring (bicyclic) bond motifs is 3. The molecule has 260 valence electrons. The van der Waals surface area contributed by atoms with Crippen molar-refractivity contribution in [3.8, 4) is 17.2 Å². The molecule has 2 aliphatic carbocycles. The predicted molar refractivity (Wildman–Crippen MR) is 173 cm³/mol. The highest BCUT2D eigenvalue weighted by Crippen LogP contribution is 2.47. The molecular weight excluding hydrogens is 622 g/mol. The first-order valence-electron chi connectivity index (χ1n) is 16.7. The van der Waals surface area contributed by atoms with Crippen LogP contribution < -0.4 is 10.1 Å². The molecule has 13 heteroatoms. The lowest BCUT2D eigenvalue weighted by molar-refractivity contribution is -0.190. The second-order valence-corrected chi connectivity index (χ2v) is 12.9. The van der Waals surface area contributed by atoms with Crippen molar-refractivity contribution in [2.75, 3.05) is 66.7 Å². The van der Waals surface area contributed by atoms with E-state index >= 15 is 0 Å². The number of benzene rings is 2. The molecule has 3 saturated heterocycles. The molecule has 0 saturated carbocycles. The Morgan fingerprint density at radius 3 is 2.40 bits per heavy atom. The Balaban J connectivity index is 0.000000211. The maximum atomic E-state index is 13.3. The summed E-state index contributed by atoms with van der Waals surface area (Å²) in [5.74, 6) is -1.77. The molecule has 48 heavy (non-hydrogen) atoms. The van der Waals surface area contributed by atoms with Crippen LogP contribution in [0, 0.1) is 5.92 Å². The topological polar surface area (TPSA) is 167 Å². The highest BCUT2D eigenvalue weighted by atomic mass is 16.7. The number of hydrogen-bond donors (Lipinski definition) is 4. The molecule has 7 rings (SSSR count). The van der Waals surface area contributed by atoms with Crippen LogP contribution >= 0.6 is 0 Å². The molecule has 5 aliphatic rings. The summed E-state index contributed by atoms with van der Waals surface area (Å²) in [6, 6.07) is 4.86. The van der Waals surface area contributed by atoms with Crippen molar-refractivity contribution in [3.05, 3.63) is 51.6 Å². The van der Waals surface area contributed by atoms with Crippen LogP contribution in [0.1, 0.15) is 62.7 Å². The van der Waals surface area contributed by atoms with Gasteiger partial charge in [-0.05, 0) is 38.7 Å². The first-order valence-corrected chi connectivity index (χ1v) is 16.7. The number of carbonyl (C=O) groups is 3. The molecule has 2 aromatic rings. The fourth-order valence-corrected chi connectivity index (χ4v) is 7.60. The Bertz CT molecular complexity index is 1560. The van der Waals surface area contributed by atoms with E-state index < -0.39 is 17.7 Å². The zero-order valence-corrected chi connectivity index (χ0v) is 27.7. The number of ether oxygens (including phenoxy) is 4. The van der Waals surface area contributed by atoms with Gasteiger partial charge < -0.3 is 44.5 Å². The number of aliphatic hydroxyl groups is 1. The van der Waals surface area contributed by atoms with Crippen molar-refractivity contribution in [3.63, 3.8) is 0 Å². The monoisotopic (exact) mass is 667 g/mol. The van der Waals surface area contributed by atoms with Gasteiger partial charge in [0, 0.05) is 81.6 Å². The summed E-state index contributed by atoms with van der Waals surface area (Å²) in [5.41, 5.74) is 0.654. The van der Waals surface area contributed by atoms with Gasteiger partial charge in [-0.1, -0.05) is 12.1 Å². The summed E-state index contributed by atoms with van der Waals surface area (Å²) >= 11 is 0. The van der Waals surface area contributed by atoms with Crippen molar-refractivity contribution in [1.82, 2.24) is 15.1 Å². The number of aromatic hydroxyl groups is 2. The van der Waals surface area contributed by atoms with E-state index in [0.717, 1.165) is 39.2 Å². The number of carbonyl (C=O) groups excluding carboxylic acids is 3. The van der Waals surface area contributed by atoms with Crippen molar-refractivity contribution in [1.29, 1.82) is 0 Å². The lowest BCUT2D eigenvalue weighted by Gasteiger charge is -2.43. The van der Waals surface area contributed by atoms with Crippen molar-refractivity contribution < 1.29 is 48.7 Å². The van der Waals surface area contributed by atoms with E-state index in [-0.39, 0.29) is 76.2 Å². The van der Waals surface area contributed by atoms with Crippen LogP contribution in [0.15, 0.2) is 18.2 Å². The Morgan fingerprint density at radius 1 is 0.938 bits per heavy atom. The first kappa shape index (κ1) is 34.3. The van der Waals surface area contributed by atoms with Gasteiger partial charge in [0.1, 0.15) is 17.2 Å². The van der Waals surface area contributed by atoms with Gasteiger partial charge in [0.25, 0.3) is 0 Å². The highest BCUT2D eigenvalue weighted by molar-refractivity contribution is 6.31. The van der Waals surface area contributed by atoms with Crippen LogP contribution in [0.2, 0.25) is 0 Å². The van der Waals surface area contributed by atoms with Crippen LogP contribution in [0.3, 0.4) is 0 Å². The number of amides is 1. The number of phenolic OH excluding ortho intramolecular Hbond substituents is 2. The van der Waals surface area contributed by atoms with Gasteiger partial charge in [0.2, 0.25) is 11.7 Å². The molecule has 0 bridgehead atoms. The summed E-state index contributed by atoms with van der Waals surface area (Å²) in [6.07, 6.45) is 1.28. The summed E-state index contributed by atoms with van der Waals surface area (Å²) in [5, 5.41) is 35.5. The van der Waals surface area contributed by atoms with E-state index in [1.165, 1.54) is 13.2 Å². The smallest absolute Gasteiger partial charge is 0.226 e. The zero-order valence-electron chi connectivity index (χ0n) is 27.7. The average Bonchev–Trinajstić information content (AvgIpc) is 3.13. The molecular formula is C35H45N3O10. The third-order valence-electron chi connectivity index (χ3n) is 10.3. The number of methoxy groups -OCH3 is 2. The number of piperazine rings is 1. The van der Waals surface area contributed by atoms with Gasteiger partial charge >= 0.3 is 0 Å². The lowest BCUT2D eigenvalue weighted by atomic mass is 9.75. The number of aliphatic hydroxyl groups excluding tert-OH is 1. The average molecular weight is 668 g/mol. The number of morpholine rings is 1. The lowest BCUT2D eigenvalue weighted by Crippen LogP contribution is -2.57. The van der Waals surface area contributed by atoms with Crippen LogP contribution in [0.25, 0.3) is 0 Å². The SMILES string of the molecule is COC1CN(C2CCOC(C)C2O)CCO1.COc1cccc2c1C(=O)c1c(O)c3c(c(O)c1C2=O)CC(C(=O)N1CCNCC1)CC3. The number of hydrogen-bond acceptors (Lipinski definition) is 12. The zero-order chi connectivity index (χ0) is 34.1. The standard InChI is InChI=1S/C24H24N2O6.C11H21NO4/c1-32-16-4-2-3-14-17(16)23(30)19-18(21(14)28)22(29)15-11-12(5-6-13(15)20(19)27)24(31)26-9-7-25-8-10-26;1-8-11(13)9(3-5-15-8)12-4-6-16-10(7-12)14-2/h2-4,12,25,27,29H,5-11H2,1H3;8-11,13H,3-7H2,1-2H3. The number of nitrogens with zero attached hydrogens (tertiary/aromatic N) is 2. The van der Waals surface area contributed by atoms with E-state index in [1.807, 2.05) is 11.8 Å². The van der Waals surface area contributed by atoms with E-state index in [4.69, 9.17) is 18.9 Å². The largest absolute Gasteiger partial charge is 0.507 e. The van der Waals surface area contributed by atoms with E-state index in [9.17, 15) is 29.7 Å². The Labute approximate surface area is 279 Å². The number of nitrogens with one attached hydrogen (secondary N) is 1. The minimum atomic E-state index is -0.554. The Kier molecular flexibility index (Phi) is 10.3. The fourth-order valence-electron chi connectivity index (χ4n) is 7.60. The molecule has 0 aromatic heterocycles. The molecule has 0 radical (unpaired) electrons. The number of phenols is 2. The van der Waals surface area contributed by atoms with Crippen LogP contribution in [-0.2, 0) is 31.8 Å². The van der Waals surface area contributed by atoms with E-state index in [2.05, 4.69) is 10.2 Å². The second-order valence-electron chi connectivity index (χ2n) is 12.9. The molecule has 1 amide bonds. The highest BCUT2D eigenvalue weighted by Gasteiger charge is 2.42. The van der Waals surface area contributed by atoms with Crippen molar-refractivity contribution >= 4 is 17.5 Å². The van der Waals surface area contributed by atoms with Crippen molar-refractivity contribution in [2.45, 2.75) is 57.1 Å². The molecule has 4 N–H and O–H groups in total. The molecule has 13 nitrogen and oxygen atoms in total. The molecule has 2 aromatic carbocycles.